The number of nitrogens with one attached hydrogen (secondary N) is 1. The van der Waals surface area contributed by atoms with Gasteiger partial charge in [-0.3, -0.25) is 10.1 Å². The van der Waals surface area contributed by atoms with Crippen LogP contribution in [0, 0.1) is 0 Å². The van der Waals surface area contributed by atoms with Crippen molar-refractivity contribution in [1.82, 2.24) is 24.7 Å². The van der Waals surface area contributed by atoms with E-state index in [9.17, 15) is 0 Å². The first-order valence-electron chi connectivity index (χ1n) is 7.97. The van der Waals surface area contributed by atoms with E-state index in [1.807, 2.05) is 48.0 Å². The summed E-state index contributed by atoms with van der Waals surface area (Å²) >= 11 is 0. The maximum absolute atomic E-state index is 5.91. The lowest BCUT2D eigenvalue weighted by atomic mass is 10.3. The van der Waals surface area contributed by atoms with Crippen molar-refractivity contribution >= 4 is 0 Å². The van der Waals surface area contributed by atoms with Gasteiger partial charge >= 0.3 is 0 Å². The fourth-order valence-electron chi connectivity index (χ4n) is 2.64. The normalized spacial score (nSPS) is 12.2. The highest BCUT2D eigenvalue weighted by Crippen LogP contribution is 2.26. The van der Waals surface area contributed by atoms with Gasteiger partial charge in [0, 0.05) is 24.8 Å². The third kappa shape index (κ3) is 3.30. The van der Waals surface area contributed by atoms with Crippen molar-refractivity contribution < 1.29 is 9.15 Å². The molecule has 7 nitrogen and oxygen atoms in total. The summed E-state index contributed by atoms with van der Waals surface area (Å²) in [6.45, 7) is 2.65. The number of aromatic amines is 1. The number of furan rings is 1. The highest BCUT2D eigenvalue weighted by molar-refractivity contribution is 5.58. The fourth-order valence-corrected chi connectivity index (χ4v) is 2.64. The fraction of sp³-hybridized carbons (Fsp3) is 0.167. The summed E-state index contributed by atoms with van der Waals surface area (Å²) in [5.41, 5.74) is 0.831. The number of hydrogen-bond donors (Lipinski definition) is 1. The van der Waals surface area contributed by atoms with Crippen molar-refractivity contribution in [2.45, 2.75) is 19.6 Å². The zero-order valence-electron chi connectivity index (χ0n) is 13.7. The third-order valence-electron chi connectivity index (χ3n) is 3.73. The molecule has 0 aliphatic carbocycles. The van der Waals surface area contributed by atoms with Gasteiger partial charge in [0.1, 0.15) is 17.5 Å². The van der Waals surface area contributed by atoms with Gasteiger partial charge in [-0.05, 0) is 37.3 Å². The van der Waals surface area contributed by atoms with Gasteiger partial charge in [-0.25, -0.2) is 4.98 Å². The van der Waals surface area contributed by atoms with Crippen LogP contribution in [0.2, 0.25) is 0 Å². The van der Waals surface area contributed by atoms with E-state index in [0.29, 0.717) is 12.3 Å². The molecule has 0 aromatic carbocycles. The van der Waals surface area contributed by atoms with E-state index in [0.717, 1.165) is 23.0 Å². The van der Waals surface area contributed by atoms with Crippen LogP contribution in [0.25, 0.3) is 23.0 Å². The molecule has 0 aliphatic rings. The maximum Gasteiger partial charge on any atom is 0.176 e. The number of hydrogen-bond acceptors (Lipinski definition) is 5. The largest absolute Gasteiger partial charge is 0.487 e. The molecule has 0 saturated carbocycles. The zero-order valence-corrected chi connectivity index (χ0v) is 13.7. The van der Waals surface area contributed by atoms with Gasteiger partial charge in [-0.2, -0.15) is 5.10 Å². The van der Waals surface area contributed by atoms with Crippen LogP contribution in [0.5, 0.6) is 5.75 Å². The van der Waals surface area contributed by atoms with Crippen LogP contribution in [-0.2, 0) is 6.54 Å². The van der Waals surface area contributed by atoms with E-state index in [4.69, 9.17) is 9.15 Å². The van der Waals surface area contributed by atoms with Crippen molar-refractivity contribution in [3.05, 3.63) is 61.3 Å². The molecular formula is C18H17N5O2. The predicted octanol–water partition coefficient (Wildman–Crippen LogP) is 3.40. The van der Waals surface area contributed by atoms with E-state index in [1.165, 1.54) is 0 Å². The number of pyridine rings is 1. The van der Waals surface area contributed by atoms with Crippen LogP contribution in [0.1, 0.15) is 6.92 Å². The molecule has 4 aromatic heterocycles. The van der Waals surface area contributed by atoms with E-state index >= 15 is 0 Å². The molecule has 0 bridgehead atoms. The topological polar surface area (TPSA) is 81.8 Å². The predicted molar refractivity (Wildman–Crippen MR) is 91.8 cm³/mol. The Kier molecular flexibility index (Phi) is 4.04. The molecule has 0 amide bonds. The van der Waals surface area contributed by atoms with Gasteiger partial charge in [0.05, 0.1) is 12.7 Å². The SMILES string of the molecule is CC(Cn1ccnc1-c1ccc(-c2ccn[nH]2)o1)Oc1cccnc1. The van der Waals surface area contributed by atoms with Crippen molar-refractivity contribution in [3.63, 3.8) is 0 Å². The second kappa shape index (κ2) is 6.64. The van der Waals surface area contributed by atoms with Gasteiger partial charge in [0.25, 0.3) is 0 Å². The van der Waals surface area contributed by atoms with Crippen molar-refractivity contribution in [2.75, 3.05) is 0 Å². The Morgan fingerprint density at radius 2 is 2.08 bits per heavy atom. The van der Waals surface area contributed by atoms with Crippen molar-refractivity contribution in [3.8, 4) is 28.8 Å². The molecule has 126 valence electrons. The van der Waals surface area contributed by atoms with Crippen LogP contribution in [0.15, 0.2) is 65.7 Å². The minimum atomic E-state index is -0.0424. The number of H-pyrrole nitrogens is 1. The Labute approximate surface area is 144 Å². The molecule has 0 saturated heterocycles. The molecule has 0 radical (unpaired) electrons. The number of imidazole rings is 1. The number of ether oxygens (including phenoxy) is 1. The average Bonchev–Trinajstić information content (AvgIpc) is 3.36. The van der Waals surface area contributed by atoms with E-state index < -0.39 is 0 Å². The zero-order chi connectivity index (χ0) is 17.1. The second-order valence-electron chi connectivity index (χ2n) is 5.65. The Morgan fingerprint density at radius 3 is 2.88 bits per heavy atom. The van der Waals surface area contributed by atoms with Gasteiger partial charge in [0.2, 0.25) is 0 Å². The molecule has 7 heteroatoms. The standard InChI is InChI=1S/C18H17N5O2/c1-13(24-14-3-2-7-19-11-14)12-23-10-9-20-18(23)17-5-4-16(25-17)15-6-8-21-22-15/h2-11,13H,12H2,1H3,(H,21,22). The molecule has 0 fully saturated rings. The maximum atomic E-state index is 5.91. The molecule has 4 aromatic rings. The summed E-state index contributed by atoms with van der Waals surface area (Å²) in [6, 6.07) is 9.41. The van der Waals surface area contributed by atoms with Gasteiger partial charge in [-0.1, -0.05) is 0 Å². The van der Waals surface area contributed by atoms with Crippen LogP contribution < -0.4 is 4.74 Å². The Hall–Kier alpha value is -3.35. The second-order valence-corrected chi connectivity index (χ2v) is 5.65. The molecule has 25 heavy (non-hydrogen) atoms. The molecule has 0 aliphatic heterocycles. The van der Waals surface area contributed by atoms with Gasteiger partial charge in [0.15, 0.2) is 17.3 Å². The van der Waals surface area contributed by atoms with Gasteiger partial charge in [-0.15, -0.1) is 0 Å². The highest BCUT2D eigenvalue weighted by atomic mass is 16.5. The first-order valence-corrected chi connectivity index (χ1v) is 7.97. The first kappa shape index (κ1) is 15.2. The van der Waals surface area contributed by atoms with Crippen LogP contribution >= 0.6 is 0 Å². The molecule has 4 heterocycles. The summed E-state index contributed by atoms with van der Waals surface area (Å²) in [7, 11) is 0. The minimum absolute atomic E-state index is 0.0424. The number of rotatable bonds is 6. The monoisotopic (exact) mass is 335 g/mol. The van der Waals surface area contributed by atoms with E-state index in [1.54, 1.807) is 24.8 Å². The molecular weight excluding hydrogens is 318 g/mol. The number of aromatic nitrogens is 5. The summed E-state index contributed by atoms with van der Waals surface area (Å²) in [6.07, 6.45) is 8.74. The Balaban J connectivity index is 1.51. The smallest absolute Gasteiger partial charge is 0.176 e. The minimum Gasteiger partial charge on any atom is -0.487 e. The van der Waals surface area contributed by atoms with Gasteiger partial charge < -0.3 is 13.7 Å². The lowest BCUT2D eigenvalue weighted by Gasteiger charge is -2.16. The van der Waals surface area contributed by atoms with E-state index in [2.05, 4.69) is 20.2 Å². The molecule has 0 spiro atoms. The third-order valence-corrected chi connectivity index (χ3v) is 3.73. The first-order chi connectivity index (χ1) is 12.3. The lowest BCUT2D eigenvalue weighted by Crippen LogP contribution is -2.19. The molecule has 1 atom stereocenters. The highest BCUT2D eigenvalue weighted by Gasteiger charge is 2.15. The van der Waals surface area contributed by atoms with Crippen molar-refractivity contribution in [1.29, 1.82) is 0 Å². The lowest BCUT2D eigenvalue weighted by molar-refractivity contribution is 0.199. The summed E-state index contributed by atoms with van der Waals surface area (Å²) in [5, 5.41) is 6.83. The van der Waals surface area contributed by atoms with Crippen LogP contribution in [-0.4, -0.2) is 30.8 Å². The van der Waals surface area contributed by atoms with Crippen LogP contribution in [0.4, 0.5) is 0 Å². The molecule has 4 rings (SSSR count). The van der Waals surface area contributed by atoms with E-state index in [-0.39, 0.29) is 6.10 Å². The van der Waals surface area contributed by atoms with Crippen LogP contribution in [0.3, 0.4) is 0 Å². The summed E-state index contributed by atoms with van der Waals surface area (Å²) in [5.74, 6) is 2.92. The summed E-state index contributed by atoms with van der Waals surface area (Å²) in [4.78, 5) is 8.48. The number of nitrogens with zero attached hydrogens (tertiary/aromatic N) is 4. The molecule has 1 N–H and O–H groups in total. The Morgan fingerprint density at radius 1 is 1.16 bits per heavy atom. The Bertz CT molecular complexity index is 927. The summed E-state index contributed by atoms with van der Waals surface area (Å²) < 4.78 is 13.8. The molecule has 1 unspecified atom stereocenters. The van der Waals surface area contributed by atoms with Crippen molar-refractivity contribution in [2.24, 2.45) is 0 Å². The quantitative estimate of drug-likeness (QED) is 0.584. The average molecular weight is 335 g/mol.